The molecule has 0 aliphatic carbocycles. The van der Waals surface area contributed by atoms with Crippen molar-refractivity contribution in [1.29, 1.82) is 0 Å². The standard InChI is InChI=1S/C32H29N5O2/c1-23-12-16-26(17-13-23)32(38,21-36-22-33-28-10-6-7-11-29(28)36)31-30(25-14-18-27(39-2)19-15-25)37(35-34-31)20-24-8-4-3-5-9-24/h3-19,22,38H,20-21H2,1-2H3. The summed E-state index contributed by atoms with van der Waals surface area (Å²) in [7, 11) is 1.65. The summed E-state index contributed by atoms with van der Waals surface area (Å²) in [5.41, 5.74) is 5.33. The Balaban J connectivity index is 1.55. The molecule has 0 bridgehead atoms. The van der Waals surface area contributed by atoms with Gasteiger partial charge in [0.1, 0.15) is 11.4 Å². The highest BCUT2D eigenvalue weighted by Crippen LogP contribution is 2.38. The van der Waals surface area contributed by atoms with E-state index >= 15 is 0 Å². The van der Waals surface area contributed by atoms with Gasteiger partial charge in [-0.1, -0.05) is 77.5 Å². The van der Waals surface area contributed by atoms with Crippen LogP contribution in [0.5, 0.6) is 5.75 Å². The van der Waals surface area contributed by atoms with Crippen molar-refractivity contribution in [3.05, 3.63) is 132 Å². The topological polar surface area (TPSA) is 78.0 Å². The fourth-order valence-electron chi connectivity index (χ4n) is 5.01. The van der Waals surface area contributed by atoms with Gasteiger partial charge in [0.25, 0.3) is 0 Å². The van der Waals surface area contributed by atoms with E-state index in [1.54, 1.807) is 13.4 Å². The third-order valence-corrected chi connectivity index (χ3v) is 7.12. The molecule has 1 atom stereocenters. The molecule has 0 aliphatic heterocycles. The molecule has 0 aliphatic rings. The van der Waals surface area contributed by atoms with E-state index in [9.17, 15) is 5.11 Å². The number of rotatable bonds is 8. The fourth-order valence-corrected chi connectivity index (χ4v) is 5.01. The molecular weight excluding hydrogens is 486 g/mol. The Kier molecular flexibility index (Phi) is 6.42. The van der Waals surface area contributed by atoms with E-state index in [0.717, 1.165) is 44.7 Å². The molecule has 6 rings (SSSR count). The second kappa shape index (κ2) is 10.2. The average molecular weight is 516 g/mol. The van der Waals surface area contributed by atoms with E-state index in [-0.39, 0.29) is 6.54 Å². The van der Waals surface area contributed by atoms with Crippen molar-refractivity contribution >= 4 is 11.0 Å². The molecule has 0 radical (unpaired) electrons. The molecule has 6 aromatic rings. The van der Waals surface area contributed by atoms with Crippen molar-refractivity contribution in [2.75, 3.05) is 7.11 Å². The van der Waals surface area contributed by atoms with Gasteiger partial charge >= 0.3 is 0 Å². The van der Waals surface area contributed by atoms with Crippen LogP contribution in [-0.2, 0) is 18.7 Å². The zero-order chi connectivity index (χ0) is 26.8. The van der Waals surface area contributed by atoms with Crippen molar-refractivity contribution in [3.8, 4) is 17.0 Å². The lowest BCUT2D eigenvalue weighted by molar-refractivity contribution is 0.0584. The molecule has 0 spiro atoms. The molecule has 4 aromatic carbocycles. The van der Waals surface area contributed by atoms with Crippen LogP contribution in [0.25, 0.3) is 22.3 Å². The lowest BCUT2D eigenvalue weighted by atomic mass is 9.87. The van der Waals surface area contributed by atoms with E-state index in [1.807, 2.05) is 107 Å². The number of hydrogen-bond donors (Lipinski definition) is 1. The van der Waals surface area contributed by atoms with Crippen LogP contribution < -0.4 is 4.74 Å². The number of imidazole rings is 1. The first-order valence-corrected chi connectivity index (χ1v) is 12.9. The quantitative estimate of drug-likeness (QED) is 0.286. The Hall–Kier alpha value is -4.75. The SMILES string of the molecule is COc1ccc(-c2c(C(O)(Cn3cnc4ccccc43)c3ccc(C)cc3)nnn2Cc2ccccc2)cc1. The molecule has 0 amide bonds. The van der Waals surface area contributed by atoms with Gasteiger partial charge in [0, 0.05) is 5.56 Å². The maximum atomic E-state index is 12.7. The maximum absolute atomic E-state index is 12.7. The molecule has 2 aromatic heterocycles. The monoisotopic (exact) mass is 515 g/mol. The summed E-state index contributed by atoms with van der Waals surface area (Å²) >= 11 is 0. The highest BCUT2D eigenvalue weighted by molar-refractivity contribution is 5.75. The predicted molar refractivity (Wildman–Crippen MR) is 151 cm³/mol. The van der Waals surface area contributed by atoms with Gasteiger partial charge in [0.2, 0.25) is 0 Å². The first kappa shape index (κ1) is 24.6. The summed E-state index contributed by atoms with van der Waals surface area (Å²) in [6.07, 6.45) is 1.77. The van der Waals surface area contributed by atoms with Gasteiger partial charge in [-0.15, -0.1) is 5.10 Å². The molecule has 2 heterocycles. The number of para-hydroxylation sites is 2. The van der Waals surface area contributed by atoms with Gasteiger partial charge in [-0.3, -0.25) is 0 Å². The van der Waals surface area contributed by atoms with E-state index in [0.29, 0.717) is 12.2 Å². The summed E-state index contributed by atoms with van der Waals surface area (Å²) in [5.74, 6) is 0.751. The van der Waals surface area contributed by atoms with Gasteiger partial charge in [-0.2, -0.15) is 0 Å². The van der Waals surface area contributed by atoms with E-state index < -0.39 is 5.60 Å². The highest BCUT2D eigenvalue weighted by atomic mass is 16.5. The Morgan fingerprint density at radius 3 is 2.31 bits per heavy atom. The van der Waals surface area contributed by atoms with E-state index in [1.165, 1.54) is 0 Å². The number of methoxy groups -OCH3 is 1. The maximum Gasteiger partial charge on any atom is 0.153 e. The van der Waals surface area contributed by atoms with Crippen LogP contribution in [0, 0.1) is 6.92 Å². The van der Waals surface area contributed by atoms with Gasteiger partial charge in [-0.05, 0) is 54.4 Å². The summed E-state index contributed by atoms with van der Waals surface area (Å²) in [5, 5.41) is 22.0. The Bertz CT molecular complexity index is 1710. The smallest absolute Gasteiger partial charge is 0.153 e. The number of hydrogen-bond acceptors (Lipinski definition) is 5. The molecule has 0 saturated heterocycles. The number of aliphatic hydroxyl groups is 1. The minimum Gasteiger partial charge on any atom is -0.497 e. The number of aromatic nitrogens is 5. The predicted octanol–water partition coefficient (Wildman–Crippen LogP) is 5.60. The molecule has 0 saturated carbocycles. The second-order valence-corrected chi connectivity index (χ2v) is 9.75. The summed E-state index contributed by atoms with van der Waals surface area (Å²) in [6, 6.07) is 33.7. The number of nitrogens with zero attached hydrogens (tertiary/aromatic N) is 5. The second-order valence-electron chi connectivity index (χ2n) is 9.75. The van der Waals surface area contributed by atoms with Crippen LogP contribution in [0.4, 0.5) is 0 Å². The zero-order valence-electron chi connectivity index (χ0n) is 21.9. The molecule has 7 nitrogen and oxygen atoms in total. The molecule has 39 heavy (non-hydrogen) atoms. The summed E-state index contributed by atoms with van der Waals surface area (Å²) < 4.78 is 9.24. The molecular formula is C32H29N5O2. The van der Waals surface area contributed by atoms with Gasteiger partial charge < -0.3 is 14.4 Å². The summed E-state index contributed by atoms with van der Waals surface area (Å²) in [4.78, 5) is 4.56. The van der Waals surface area contributed by atoms with E-state index in [4.69, 9.17) is 4.74 Å². The number of ether oxygens (including phenoxy) is 1. The van der Waals surface area contributed by atoms with Crippen molar-refractivity contribution in [2.24, 2.45) is 0 Å². The molecule has 1 unspecified atom stereocenters. The molecule has 7 heteroatoms. The van der Waals surface area contributed by atoms with Crippen LogP contribution in [0.15, 0.2) is 109 Å². The van der Waals surface area contributed by atoms with Crippen LogP contribution >= 0.6 is 0 Å². The number of fused-ring (bicyclic) bond motifs is 1. The molecule has 194 valence electrons. The van der Waals surface area contributed by atoms with Gasteiger partial charge in [0.05, 0.1) is 43.3 Å². The minimum atomic E-state index is -1.50. The number of benzene rings is 4. The lowest BCUT2D eigenvalue weighted by Gasteiger charge is -2.29. The van der Waals surface area contributed by atoms with Crippen molar-refractivity contribution in [2.45, 2.75) is 25.6 Å². The minimum absolute atomic E-state index is 0.212. The van der Waals surface area contributed by atoms with Gasteiger partial charge in [0.15, 0.2) is 5.60 Å². The lowest BCUT2D eigenvalue weighted by Crippen LogP contribution is -2.34. The first-order valence-electron chi connectivity index (χ1n) is 12.9. The average Bonchev–Trinajstić information content (AvgIpc) is 3.58. The Labute approximate surface area is 227 Å². The van der Waals surface area contributed by atoms with Gasteiger partial charge in [-0.25, -0.2) is 9.67 Å². The normalized spacial score (nSPS) is 12.9. The third kappa shape index (κ3) is 4.69. The Morgan fingerprint density at radius 2 is 1.56 bits per heavy atom. The summed E-state index contributed by atoms with van der Waals surface area (Å²) in [6.45, 7) is 2.75. The molecule has 1 N–H and O–H groups in total. The highest BCUT2D eigenvalue weighted by Gasteiger charge is 2.39. The van der Waals surface area contributed by atoms with Crippen molar-refractivity contribution < 1.29 is 9.84 Å². The van der Waals surface area contributed by atoms with Crippen LogP contribution in [0.2, 0.25) is 0 Å². The first-order chi connectivity index (χ1) is 19.0. The zero-order valence-corrected chi connectivity index (χ0v) is 21.9. The molecule has 0 fully saturated rings. The van der Waals surface area contributed by atoms with Crippen LogP contribution in [-0.4, -0.2) is 36.8 Å². The fraction of sp³-hybridized carbons (Fsp3) is 0.156. The van der Waals surface area contributed by atoms with Crippen molar-refractivity contribution in [3.63, 3.8) is 0 Å². The van der Waals surface area contributed by atoms with Crippen LogP contribution in [0.1, 0.15) is 22.4 Å². The largest absolute Gasteiger partial charge is 0.497 e. The van der Waals surface area contributed by atoms with E-state index in [2.05, 4.69) is 27.4 Å². The Morgan fingerprint density at radius 1 is 0.846 bits per heavy atom. The van der Waals surface area contributed by atoms with Crippen LogP contribution in [0.3, 0.4) is 0 Å². The van der Waals surface area contributed by atoms with Crippen molar-refractivity contribution in [1.82, 2.24) is 24.5 Å². The number of aryl methyl sites for hydroxylation is 1. The third-order valence-electron chi connectivity index (χ3n) is 7.12.